The number of fused-ring (bicyclic) bond motifs is 3. The van der Waals surface area contributed by atoms with Crippen LogP contribution in [0.2, 0.25) is 0 Å². The van der Waals surface area contributed by atoms with Gasteiger partial charge in [-0.15, -0.1) is 11.3 Å². The van der Waals surface area contributed by atoms with E-state index in [0.29, 0.717) is 11.7 Å². The van der Waals surface area contributed by atoms with Gasteiger partial charge in [-0.1, -0.05) is 13.8 Å². The Morgan fingerprint density at radius 2 is 1.96 bits per heavy atom. The molecule has 4 rings (SSSR count). The minimum absolute atomic E-state index is 0.0124. The van der Waals surface area contributed by atoms with Crippen LogP contribution < -0.4 is 10.3 Å². The summed E-state index contributed by atoms with van der Waals surface area (Å²) in [5.41, 5.74) is 2.12. The third kappa shape index (κ3) is 3.40. The van der Waals surface area contributed by atoms with Gasteiger partial charge in [0, 0.05) is 10.4 Å². The Morgan fingerprint density at radius 1 is 1.19 bits per heavy atom. The van der Waals surface area contributed by atoms with Gasteiger partial charge in [-0.3, -0.25) is 4.79 Å². The molecule has 0 radical (unpaired) electrons. The van der Waals surface area contributed by atoms with Crippen molar-refractivity contribution in [2.75, 3.05) is 6.61 Å². The number of nitrogens with zero attached hydrogens (tertiary/aromatic N) is 1. The minimum atomic E-state index is -0.0124. The number of hydrogen-bond acceptors (Lipinski definition) is 4. The molecule has 0 atom stereocenters. The number of H-pyrrole nitrogens is 1. The number of benzene rings is 1. The van der Waals surface area contributed by atoms with E-state index >= 15 is 0 Å². The summed E-state index contributed by atoms with van der Waals surface area (Å²) in [6, 6.07) is 7.81. The van der Waals surface area contributed by atoms with Crippen LogP contribution in [-0.2, 0) is 12.8 Å². The average molecular weight is 369 g/mol. The van der Waals surface area contributed by atoms with Crippen molar-refractivity contribution in [1.29, 1.82) is 0 Å². The van der Waals surface area contributed by atoms with Crippen molar-refractivity contribution in [3.63, 3.8) is 0 Å². The lowest BCUT2D eigenvalue weighted by molar-refractivity contribution is 0.289. The normalized spacial score (nSPS) is 14.0. The van der Waals surface area contributed by atoms with Gasteiger partial charge in [0.2, 0.25) is 0 Å². The zero-order valence-electron chi connectivity index (χ0n) is 15.3. The van der Waals surface area contributed by atoms with Crippen molar-refractivity contribution in [2.45, 2.75) is 46.0 Å². The molecule has 1 N–H and O–H groups in total. The van der Waals surface area contributed by atoms with E-state index < -0.39 is 0 Å². The summed E-state index contributed by atoms with van der Waals surface area (Å²) in [6.07, 6.45) is 5.49. The Kier molecular flexibility index (Phi) is 4.81. The van der Waals surface area contributed by atoms with Gasteiger partial charge in [0.1, 0.15) is 16.4 Å². The van der Waals surface area contributed by atoms with Gasteiger partial charge in [0.25, 0.3) is 5.56 Å². The maximum atomic E-state index is 12.7. The second-order valence-corrected chi connectivity index (χ2v) is 8.44. The van der Waals surface area contributed by atoms with E-state index in [1.54, 1.807) is 11.3 Å². The lowest BCUT2D eigenvalue weighted by atomic mass is 9.97. The second-order valence-electron chi connectivity index (χ2n) is 7.36. The first-order valence-corrected chi connectivity index (χ1v) is 10.2. The quantitative estimate of drug-likeness (QED) is 0.693. The van der Waals surface area contributed by atoms with Crippen LogP contribution in [0.3, 0.4) is 0 Å². The largest absolute Gasteiger partial charge is 0.494 e. The number of aryl methyl sites for hydroxylation is 2. The Morgan fingerprint density at radius 3 is 2.73 bits per heavy atom. The molecular formula is C21H24N2O2S. The van der Waals surface area contributed by atoms with Crippen molar-refractivity contribution in [2.24, 2.45) is 5.92 Å². The monoisotopic (exact) mass is 368 g/mol. The van der Waals surface area contributed by atoms with Crippen LogP contribution in [0, 0.1) is 5.92 Å². The molecule has 1 aliphatic carbocycles. The van der Waals surface area contributed by atoms with Crippen molar-refractivity contribution in [3.8, 4) is 17.1 Å². The number of rotatable bonds is 5. The lowest BCUT2D eigenvalue weighted by Gasteiger charge is -2.10. The van der Waals surface area contributed by atoms with E-state index in [2.05, 4.69) is 18.8 Å². The molecule has 4 nitrogen and oxygen atoms in total. The molecule has 1 aromatic carbocycles. The fourth-order valence-electron chi connectivity index (χ4n) is 3.42. The average Bonchev–Trinajstić information content (AvgIpc) is 3.01. The molecule has 0 amide bonds. The van der Waals surface area contributed by atoms with Gasteiger partial charge >= 0.3 is 0 Å². The zero-order chi connectivity index (χ0) is 18.1. The van der Waals surface area contributed by atoms with Gasteiger partial charge < -0.3 is 9.72 Å². The van der Waals surface area contributed by atoms with Crippen LogP contribution in [0.1, 0.15) is 43.6 Å². The number of hydrogen-bond donors (Lipinski definition) is 1. The third-order valence-corrected chi connectivity index (χ3v) is 6.10. The maximum Gasteiger partial charge on any atom is 0.260 e. The fraction of sp³-hybridized carbons (Fsp3) is 0.429. The molecular weight excluding hydrogens is 344 g/mol. The van der Waals surface area contributed by atoms with Crippen LogP contribution in [0.25, 0.3) is 21.6 Å². The Labute approximate surface area is 157 Å². The molecule has 0 saturated carbocycles. The first-order chi connectivity index (χ1) is 12.6. The van der Waals surface area contributed by atoms with Crippen LogP contribution in [-0.4, -0.2) is 16.6 Å². The molecule has 0 fully saturated rings. The summed E-state index contributed by atoms with van der Waals surface area (Å²) in [6.45, 7) is 5.10. The topological polar surface area (TPSA) is 55.0 Å². The highest BCUT2D eigenvalue weighted by Gasteiger charge is 2.20. The summed E-state index contributed by atoms with van der Waals surface area (Å²) in [5.74, 6) is 2.12. The Balaban J connectivity index is 1.61. The van der Waals surface area contributed by atoms with Crippen molar-refractivity contribution in [3.05, 3.63) is 45.1 Å². The summed E-state index contributed by atoms with van der Waals surface area (Å²) in [7, 11) is 0. The Bertz CT molecular complexity index is 970. The molecule has 1 aliphatic rings. The molecule has 0 aliphatic heterocycles. The van der Waals surface area contributed by atoms with E-state index in [0.717, 1.165) is 53.8 Å². The minimum Gasteiger partial charge on any atom is -0.494 e. The van der Waals surface area contributed by atoms with E-state index in [1.165, 1.54) is 16.9 Å². The van der Waals surface area contributed by atoms with E-state index in [9.17, 15) is 4.79 Å². The highest BCUT2D eigenvalue weighted by atomic mass is 32.1. The number of aromatic nitrogens is 2. The number of nitrogens with one attached hydrogen (secondary N) is 1. The summed E-state index contributed by atoms with van der Waals surface area (Å²) >= 11 is 1.68. The molecule has 2 heterocycles. The number of aromatic amines is 1. The standard InChI is InChI=1S/C21H24N2O2S/c1-13(2)11-12-25-15-9-7-14(8-10-15)19-22-20(24)18-16-5-3-4-6-17(16)26-21(18)23-19/h7-10,13H,3-6,11-12H2,1-2H3,(H,22,23,24). The van der Waals surface area contributed by atoms with Crippen molar-refractivity contribution in [1.82, 2.24) is 9.97 Å². The molecule has 0 bridgehead atoms. The van der Waals surface area contributed by atoms with Crippen molar-refractivity contribution >= 4 is 21.6 Å². The second kappa shape index (κ2) is 7.23. The first kappa shape index (κ1) is 17.3. The van der Waals surface area contributed by atoms with Crippen LogP contribution >= 0.6 is 11.3 Å². The molecule has 0 unspecified atom stereocenters. The highest BCUT2D eigenvalue weighted by Crippen LogP contribution is 2.34. The van der Waals surface area contributed by atoms with Crippen LogP contribution in [0.4, 0.5) is 0 Å². The Hall–Kier alpha value is -2.14. The number of thiophene rings is 1. The molecule has 0 spiro atoms. The zero-order valence-corrected chi connectivity index (χ0v) is 16.1. The summed E-state index contributed by atoms with van der Waals surface area (Å²) < 4.78 is 5.77. The molecule has 3 aromatic rings. The van der Waals surface area contributed by atoms with E-state index in [4.69, 9.17) is 9.72 Å². The first-order valence-electron chi connectivity index (χ1n) is 9.39. The van der Waals surface area contributed by atoms with Gasteiger partial charge in [0.05, 0.1) is 12.0 Å². The predicted molar refractivity (Wildman–Crippen MR) is 107 cm³/mol. The van der Waals surface area contributed by atoms with Crippen LogP contribution in [0.15, 0.2) is 29.1 Å². The number of ether oxygens (including phenoxy) is 1. The van der Waals surface area contributed by atoms with Crippen molar-refractivity contribution < 1.29 is 4.74 Å². The molecule has 2 aromatic heterocycles. The van der Waals surface area contributed by atoms with E-state index in [-0.39, 0.29) is 5.56 Å². The third-order valence-electron chi connectivity index (χ3n) is 4.92. The van der Waals surface area contributed by atoms with Gasteiger partial charge in [-0.25, -0.2) is 4.98 Å². The smallest absolute Gasteiger partial charge is 0.260 e. The van der Waals surface area contributed by atoms with Gasteiger partial charge in [-0.2, -0.15) is 0 Å². The SMILES string of the molecule is CC(C)CCOc1ccc(-c2nc3sc4c(c3c(=O)[nH]2)CCCC4)cc1. The molecule has 136 valence electrons. The lowest BCUT2D eigenvalue weighted by Crippen LogP contribution is -2.11. The van der Waals surface area contributed by atoms with Gasteiger partial charge in [-0.05, 0) is 67.9 Å². The summed E-state index contributed by atoms with van der Waals surface area (Å²) in [5, 5.41) is 0.807. The predicted octanol–water partition coefficient (Wildman–Crippen LogP) is 4.96. The highest BCUT2D eigenvalue weighted by molar-refractivity contribution is 7.18. The maximum absolute atomic E-state index is 12.7. The molecule has 26 heavy (non-hydrogen) atoms. The molecule has 5 heteroatoms. The molecule has 0 saturated heterocycles. The van der Waals surface area contributed by atoms with Gasteiger partial charge in [0.15, 0.2) is 0 Å². The summed E-state index contributed by atoms with van der Waals surface area (Å²) in [4.78, 5) is 22.6. The fourth-order valence-corrected chi connectivity index (χ4v) is 4.68. The van der Waals surface area contributed by atoms with Crippen LogP contribution in [0.5, 0.6) is 5.75 Å². The van der Waals surface area contributed by atoms with E-state index in [1.807, 2.05) is 24.3 Å².